The average Bonchev–Trinajstić information content (AvgIpc) is 2.35. The minimum atomic E-state index is -0.413. The van der Waals surface area contributed by atoms with Crippen LogP contribution in [0.3, 0.4) is 0 Å². The molecule has 98 valence electrons. The third-order valence-electron chi connectivity index (χ3n) is 2.98. The number of hydrogen-bond donors (Lipinski definition) is 0. The van der Waals surface area contributed by atoms with Crippen LogP contribution in [-0.4, -0.2) is 14.5 Å². The smallest absolute Gasteiger partial charge is 0.278 e. The van der Waals surface area contributed by atoms with Crippen LogP contribution in [0.1, 0.15) is 16.8 Å². The number of nitro groups is 1. The number of hydrogen-bond acceptors (Lipinski definition) is 4. The molecule has 2 aromatic rings. The van der Waals surface area contributed by atoms with E-state index in [9.17, 15) is 14.9 Å². The van der Waals surface area contributed by atoms with Crippen molar-refractivity contribution in [1.29, 1.82) is 0 Å². The molecule has 19 heavy (non-hydrogen) atoms. The van der Waals surface area contributed by atoms with E-state index in [2.05, 4.69) is 4.98 Å². The molecule has 0 saturated heterocycles. The first kappa shape index (κ1) is 12.9. The Labute approximate surface area is 109 Å². The minimum Gasteiger partial charge on any atom is -0.310 e. The molecule has 0 aliphatic rings. The van der Waals surface area contributed by atoms with E-state index in [1.165, 1.54) is 16.8 Å². The molecule has 6 nitrogen and oxygen atoms in total. The third kappa shape index (κ3) is 2.52. The molecule has 0 aliphatic carbocycles. The van der Waals surface area contributed by atoms with Crippen molar-refractivity contribution in [2.24, 2.45) is 0 Å². The van der Waals surface area contributed by atoms with E-state index in [1.54, 1.807) is 32.2 Å². The zero-order valence-electron chi connectivity index (χ0n) is 10.7. The molecule has 0 atom stereocenters. The van der Waals surface area contributed by atoms with Gasteiger partial charge in [-0.25, -0.2) is 0 Å². The van der Waals surface area contributed by atoms with Crippen LogP contribution >= 0.6 is 0 Å². The largest absolute Gasteiger partial charge is 0.310 e. The molecule has 0 spiro atoms. The van der Waals surface area contributed by atoms with Crippen LogP contribution < -0.4 is 5.56 Å². The van der Waals surface area contributed by atoms with Crippen molar-refractivity contribution in [3.63, 3.8) is 0 Å². The van der Waals surface area contributed by atoms with Gasteiger partial charge in [0.2, 0.25) is 0 Å². The number of aryl methyl sites for hydroxylation is 1. The molecule has 0 N–H and O–H groups in total. The van der Waals surface area contributed by atoms with Crippen LogP contribution in [0.4, 0.5) is 5.69 Å². The van der Waals surface area contributed by atoms with Gasteiger partial charge in [0.1, 0.15) is 0 Å². The van der Waals surface area contributed by atoms with Crippen LogP contribution in [0.15, 0.2) is 35.4 Å². The fourth-order valence-corrected chi connectivity index (χ4v) is 1.96. The Bertz CT molecular complexity index is 692. The first-order valence-electron chi connectivity index (χ1n) is 5.75. The summed E-state index contributed by atoms with van der Waals surface area (Å²) >= 11 is 0. The second-order valence-electron chi connectivity index (χ2n) is 4.29. The van der Waals surface area contributed by atoms with Gasteiger partial charge >= 0.3 is 0 Å². The number of aromatic nitrogens is 2. The second kappa shape index (κ2) is 5.01. The summed E-state index contributed by atoms with van der Waals surface area (Å²) in [6, 6.07) is 4.83. The summed E-state index contributed by atoms with van der Waals surface area (Å²) in [5.41, 5.74) is 1.46. The van der Waals surface area contributed by atoms with Crippen molar-refractivity contribution in [3.05, 3.63) is 67.9 Å². The molecule has 0 fully saturated rings. The van der Waals surface area contributed by atoms with Crippen molar-refractivity contribution in [3.8, 4) is 0 Å². The van der Waals surface area contributed by atoms with Gasteiger partial charge < -0.3 is 4.57 Å². The van der Waals surface area contributed by atoms with E-state index in [1.807, 2.05) is 0 Å². The highest BCUT2D eigenvalue weighted by atomic mass is 16.6. The molecular weight excluding hydrogens is 246 g/mol. The lowest BCUT2D eigenvalue weighted by Crippen LogP contribution is -2.19. The van der Waals surface area contributed by atoms with Gasteiger partial charge in [-0.1, -0.05) is 6.07 Å². The second-order valence-corrected chi connectivity index (χ2v) is 4.29. The lowest BCUT2D eigenvalue weighted by molar-refractivity contribution is -0.386. The van der Waals surface area contributed by atoms with E-state index >= 15 is 0 Å². The molecule has 0 amide bonds. The van der Waals surface area contributed by atoms with Gasteiger partial charge in [0.05, 0.1) is 22.7 Å². The van der Waals surface area contributed by atoms with Gasteiger partial charge in [0.25, 0.3) is 11.2 Å². The Morgan fingerprint density at radius 3 is 2.74 bits per heavy atom. The van der Waals surface area contributed by atoms with Gasteiger partial charge in [0, 0.05) is 24.0 Å². The Morgan fingerprint density at radius 2 is 2.11 bits per heavy atom. The Hall–Kier alpha value is -2.50. The monoisotopic (exact) mass is 259 g/mol. The molecule has 2 heterocycles. The summed E-state index contributed by atoms with van der Waals surface area (Å²) in [5.74, 6) is 0. The van der Waals surface area contributed by atoms with Crippen LogP contribution in [0.5, 0.6) is 0 Å². The van der Waals surface area contributed by atoms with E-state index in [-0.39, 0.29) is 17.8 Å². The molecule has 0 aromatic carbocycles. The van der Waals surface area contributed by atoms with Crippen LogP contribution in [0.2, 0.25) is 0 Å². The minimum absolute atomic E-state index is 0.0639. The van der Waals surface area contributed by atoms with Gasteiger partial charge in [-0.2, -0.15) is 0 Å². The summed E-state index contributed by atoms with van der Waals surface area (Å²) < 4.78 is 1.47. The molecule has 2 aromatic heterocycles. The van der Waals surface area contributed by atoms with Gasteiger partial charge in [0.15, 0.2) is 0 Å². The van der Waals surface area contributed by atoms with E-state index in [0.29, 0.717) is 16.8 Å². The standard InChI is InChI=1S/C13H13N3O3/c1-9-7-14-11(10(2)13(9)16(18)19)8-15-6-4-3-5-12(15)17/h3-7H,8H2,1-2H3. The molecule has 0 unspecified atom stereocenters. The number of rotatable bonds is 3. The molecule has 6 heteroatoms. The van der Waals surface area contributed by atoms with Crippen molar-refractivity contribution < 1.29 is 4.92 Å². The third-order valence-corrected chi connectivity index (χ3v) is 2.98. The highest BCUT2D eigenvalue weighted by Gasteiger charge is 2.18. The Kier molecular flexibility index (Phi) is 3.41. The van der Waals surface area contributed by atoms with Gasteiger partial charge in [-0.05, 0) is 19.9 Å². The van der Waals surface area contributed by atoms with Crippen LogP contribution in [0, 0.1) is 24.0 Å². The van der Waals surface area contributed by atoms with Crippen molar-refractivity contribution >= 4 is 5.69 Å². The number of pyridine rings is 2. The fourth-order valence-electron chi connectivity index (χ4n) is 1.96. The summed E-state index contributed by atoms with van der Waals surface area (Å²) in [5, 5.41) is 11.0. The molecule has 0 aliphatic heterocycles. The first-order chi connectivity index (χ1) is 9.00. The highest BCUT2D eigenvalue weighted by Crippen LogP contribution is 2.24. The lowest BCUT2D eigenvalue weighted by Gasteiger charge is -2.09. The topological polar surface area (TPSA) is 78.0 Å². The lowest BCUT2D eigenvalue weighted by atomic mass is 10.1. The summed E-state index contributed by atoms with van der Waals surface area (Å²) in [6.07, 6.45) is 3.10. The van der Waals surface area contributed by atoms with Crippen molar-refractivity contribution in [2.75, 3.05) is 0 Å². The van der Waals surface area contributed by atoms with Crippen LogP contribution in [-0.2, 0) is 6.54 Å². The van der Waals surface area contributed by atoms with E-state index in [4.69, 9.17) is 0 Å². The molecular formula is C13H13N3O3. The highest BCUT2D eigenvalue weighted by molar-refractivity contribution is 5.47. The summed E-state index contributed by atoms with van der Waals surface area (Å²) in [6.45, 7) is 3.53. The quantitative estimate of drug-likeness (QED) is 0.622. The predicted molar refractivity (Wildman–Crippen MR) is 70.2 cm³/mol. The first-order valence-corrected chi connectivity index (χ1v) is 5.75. The van der Waals surface area contributed by atoms with Gasteiger partial charge in [-0.15, -0.1) is 0 Å². The predicted octanol–water partition coefficient (Wildman–Crippen LogP) is 1.82. The Balaban J connectivity index is 2.48. The van der Waals surface area contributed by atoms with Crippen molar-refractivity contribution in [1.82, 2.24) is 9.55 Å². The molecule has 2 rings (SSSR count). The van der Waals surface area contributed by atoms with Crippen molar-refractivity contribution in [2.45, 2.75) is 20.4 Å². The van der Waals surface area contributed by atoms with Gasteiger partial charge in [-0.3, -0.25) is 19.9 Å². The SMILES string of the molecule is Cc1cnc(Cn2ccccc2=O)c(C)c1[N+](=O)[O-]. The maximum Gasteiger partial charge on any atom is 0.278 e. The van der Waals surface area contributed by atoms with E-state index in [0.717, 1.165) is 0 Å². The summed E-state index contributed by atoms with van der Waals surface area (Å²) in [7, 11) is 0. The number of nitrogens with zero attached hydrogens (tertiary/aromatic N) is 3. The fraction of sp³-hybridized carbons (Fsp3) is 0.231. The molecule has 0 bridgehead atoms. The zero-order valence-corrected chi connectivity index (χ0v) is 10.7. The maximum atomic E-state index is 11.6. The normalized spacial score (nSPS) is 10.4. The molecule has 0 radical (unpaired) electrons. The summed E-state index contributed by atoms with van der Waals surface area (Å²) in [4.78, 5) is 26.4. The van der Waals surface area contributed by atoms with E-state index < -0.39 is 4.92 Å². The maximum absolute atomic E-state index is 11.6. The Morgan fingerprint density at radius 1 is 1.37 bits per heavy atom. The van der Waals surface area contributed by atoms with Crippen LogP contribution in [0.25, 0.3) is 0 Å². The average molecular weight is 259 g/mol. The molecule has 0 saturated carbocycles. The zero-order chi connectivity index (χ0) is 14.0.